The van der Waals surface area contributed by atoms with Crippen LogP contribution >= 0.6 is 0 Å². The Morgan fingerprint density at radius 2 is 2.08 bits per heavy atom. The summed E-state index contributed by atoms with van der Waals surface area (Å²) in [6, 6.07) is 5.79. The van der Waals surface area contributed by atoms with E-state index in [9.17, 15) is 4.79 Å². The van der Waals surface area contributed by atoms with Crippen LogP contribution in [-0.2, 0) is 6.54 Å². The summed E-state index contributed by atoms with van der Waals surface area (Å²) in [6.45, 7) is 11.2. The highest BCUT2D eigenvalue weighted by Gasteiger charge is 2.34. The van der Waals surface area contributed by atoms with Crippen LogP contribution in [-0.4, -0.2) is 29.1 Å². The van der Waals surface area contributed by atoms with Gasteiger partial charge in [0.2, 0.25) is 0 Å². The molecule has 3 nitrogen and oxygen atoms in total. The van der Waals surface area contributed by atoms with Crippen molar-refractivity contribution in [3.8, 4) is 0 Å². The lowest BCUT2D eigenvalue weighted by Gasteiger charge is -2.43. The number of nitrogens with zero attached hydrogens (tertiary/aromatic N) is 2. The average Bonchev–Trinajstić information content (AvgIpc) is 2.54. The number of likely N-dealkylation sites (tertiary alicyclic amines) is 1. The Kier molecular flexibility index (Phi) is 5.60. The van der Waals surface area contributed by atoms with Gasteiger partial charge in [0.15, 0.2) is 0 Å². The first-order chi connectivity index (χ1) is 11.5. The first kappa shape index (κ1) is 17.5. The van der Waals surface area contributed by atoms with Crippen LogP contribution < -0.4 is 5.56 Å². The van der Waals surface area contributed by atoms with Crippen LogP contribution in [0.3, 0.4) is 0 Å². The lowest BCUT2D eigenvalue weighted by atomic mass is 9.83. The predicted octanol–water partition coefficient (Wildman–Crippen LogP) is 4.04. The number of hydrogen-bond donors (Lipinski definition) is 0. The maximum Gasteiger partial charge on any atom is 0.250 e. The van der Waals surface area contributed by atoms with Crippen molar-refractivity contribution < 1.29 is 0 Å². The Balaban J connectivity index is 1.54. The minimum atomic E-state index is 0.184. The third kappa shape index (κ3) is 4.18. The van der Waals surface area contributed by atoms with Crippen LogP contribution in [0, 0.1) is 11.8 Å². The summed E-state index contributed by atoms with van der Waals surface area (Å²) in [6.07, 6.45) is 7.42. The quantitative estimate of drug-likeness (QED) is 0.736. The van der Waals surface area contributed by atoms with Crippen LogP contribution in [0.15, 0.2) is 34.6 Å². The Labute approximate surface area is 146 Å². The fourth-order valence-corrected chi connectivity index (χ4v) is 4.38. The molecule has 2 aliphatic heterocycles. The molecule has 3 rings (SSSR count). The molecule has 1 aromatic rings. The molecule has 0 spiro atoms. The molecule has 1 saturated heterocycles. The van der Waals surface area contributed by atoms with Gasteiger partial charge in [0, 0.05) is 37.3 Å². The molecule has 0 aliphatic carbocycles. The van der Waals surface area contributed by atoms with Crippen molar-refractivity contribution in [1.82, 2.24) is 9.47 Å². The molecule has 3 unspecified atom stereocenters. The number of rotatable bonds is 6. The van der Waals surface area contributed by atoms with E-state index in [-0.39, 0.29) is 5.56 Å². The van der Waals surface area contributed by atoms with E-state index in [4.69, 9.17) is 0 Å². The molecule has 2 bridgehead atoms. The van der Waals surface area contributed by atoms with Gasteiger partial charge in [-0.05, 0) is 64.0 Å². The molecular formula is C21H32N2O. The summed E-state index contributed by atoms with van der Waals surface area (Å²) < 4.78 is 2.03. The van der Waals surface area contributed by atoms with Gasteiger partial charge >= 0.3 is 0 Å². The summed E-state index contributed by atoms with van der Waals surface area (Å²) >= 11 is 0. The molecule has 0 aromatic carbocycles. The SMILES string of the molecule is CC(C)=CCCC(C)CCN1CC2CC(C1)c1cccc(=O)n1C2. The van der Waals surface area contributed by atoms with Gasteiger partial charge in [-0.25, -0.2) is 0 Å². The maximum absolute atomic E-state index is 12.1. The summed E-state index contributed by atoms with van der Waals surface area (Å²) in [5.74, 6) is 1.99. The Bertz CT molecular complexity index is 641. The van der Waals surface area contributed by atoms with E-state index < -0.39 is 0 Å². The van der Waals surface area contributed by atoms with Gasteiger partial charge in [0.05, 0.1) is 0 Å². The highest BCUT2D eigenvalue weighted by atomic mass is 16.1. The molecule has 24 heavy (non-hydrogen) atoms. The van der Waals surface area contributed by atoms with E-state index in [0.717, 1.165) is 25.6 Å². The van der Waals surface area contributed by atoms with Gasteiger partial charge in [-0.15, -0.1) is 0 Å². The number of allylic oxidation sites excluding steroid dienone is 2. The topological polar surface area (TPSA) is 25.2 Å². The average molecular weight is 329 g/mol. The van der Waals surface area contributed by atoms with E-state index >= 15 is 0 Å². The highest BCUT2D eigenvalue weighted by Crippen LogP contribution is 2.35. The Hall–Kier alpha value is -1.35. The molecule has 132 valence electrons. The number of aromatic nitrogens is 1. The van der Waals surface area contributed by atoms with Crippen molar-refractivity contribution in [2.75, 3.05) is 19.6 Å². The van der Waals surface area contributed by atoms with Crippen LogP contribution in [0.25, 0.3) is 0 Å². The summed E-state index contributed by atoms with van der Waals surface area (Å²) in [5, 5.41) is 0. The van der Waals surface area contributed by atoms with Crippen LogP contribution in [0.4, 0.5) is 0 Å². The molecule has 0 saturated carbocycles. The number of pyridine rings is 1. The molecule has 2 aliphatic rings. The summed E-state index contributed by atoms with van der Waals surface area (Å²) in [5.41, 5.74) is 2.88. The van der Waals surface area contributed by atoms with Crippen molar-refractivity contribution in [3.63, 3.8) is 0 Å². The van der Waals surface area contributed by atoms with Crippen molar-refractivity contribution in [1.29, 1.82) is 0 Å². The fourth-order valence-electron chi connectivity index (χ4n) is 4.38. The number of fused-ring (bicyclic) bond motifs is 4. The third-order valence-electron chi connectivity index (χ3n) is 5.71. The van der Waals surface area contributed by atoms with E-state index in [1.807, 2.05) is 10.6 Å². The monoisotopic (exact) mass is 328 g/mol. The van der Waals surface area contributed by atoms with Gasteiger partial charge in [0.25, 0.3) is 5.56 Å². The lowest BCUT2D eigenvalue weighted by molar-refractivity contribution is 0.114. The number of hydrogen-bond acceptors (Lipinski definition) is 2. The zero-order chi connectivity index (χ0) is 17.1. The third-order valence-corrected chi connectivity index (χ3v) is 5.71. The maximum atomic E-state index is 12.1. The van der Waals surface area contributed by atoms with Crippen molar-refractivity contribution in [3.05, 3.63) is 45.9 Å². The second-order valence-corrected chi connectivity index (χ2v) is 8.21. The van der Waals surface area contributed by atoms with Crippen LogP contribution in [0.2, 0.25) is 0 Å². The second-order valence-electron chi connectivity index (χ2n) is 8.21. The minimum Gasteiger partial charge on any atom is -0.312 e. The smallest absolute Gasteiger partial charge is 0.250 e. The van der Waals surface area contributed by atoms with E-state index in [0.29, 0.717) is 11.8 Å². The normalized spacial score (nSPS) is 24.3. The van der Waals surface area contributed by atoms with E-state index in [1.54, 1.807) is 6.07 Å². The molecular weight excluding hydrogens is 296 g/mol. The van der Waals surface area contributed by atoms with Crippen LogP contribution in [0.5, 0.6) is 0 Å². The largest absolute Gasteiger partial charge is 0.312 e. The standard InChI is InChI=1S/C21H32N2O/c1-16(2)6-4-7-17(3)10-11-22-13-18-12-19(15-22)20-8-5-9-21(24)23(20)14-18/h5-6,8-9,17-19H,4,7,10-15H2,1-3H3. The van der Waals surface area contributed by atoms with Gasteiger partial charge in [-0.2, -0.15) is 0 Å². The zero-order valence-corrected chi connectivity index (χ0v) is 15.5. The molecule has 3 heterocycles. The van der Waals surface area contributed by atoms with Gasteiger partial charge in [0.1, 0.15) is 0 Å². The molecule has 0 N–H and O–H groups in total. The van der Waals surface area contributed by atoms with Crippen molar-refractivity contribution in [2.24, 2.45) is 11.8 Å². The zero-order valence-electron chi connectivity index (χ0n) is 15.5. The van der Waals surface area contributed by atoms with Gasteiger partial charge in [-0.3, -0.25) is 4.79 Å². The van der Waals surface area contributed by atoms with Crippen molar-refractivity contribution in [2.45, 2.75) is 58.9 Å². The fraction of sp³-hybridized carbons (Fsp3) is 0.667. The molecule has 0 radical (unpaired) electrons. The molecule has 1 aromatic heterocycles. The summed E-state index contributed by atoms with van der Waals surface area (Å²) in [4.78, 5) is 14.7. The van der Waals surface area contributed by atoms with Crippen LogP contribution in [0.1, 0.15) is 58.1 Å². The molecule has 1 fully saturated rings. The molecule has 3 heteroatoms. The highest BCUT2D eigenvalue weighted by molar-refractivity contribution is 5.16. The van der Waals surface area contributed by atoms with Crippen molar-refractivity contribution >= 4 is 0 Å². The Morgan fingerprint density at radius 1 is 1.25 bits per heavy atom. The van der Waals surface area contributed by atoms with E-state index in [2.05, 4.69) is 37.8 Å². The first-order valence-corrected chi connectivity index (χ1v) is 9.58. The van der Waals surface area contributed by atoms with E-state index in [1.165, 1.54) is 43.5 Å². The predicted molar refractivity (Wildman–Crippen MR) is 100 cm³/mol. The van der Waals surface area contributed by atoms with Gasteiger partial charge in [-0.1, -0.05) is 24.6 Å². The number of piperidine rings is 1. The molecule has 0 amide bonds. The minimum absolute atomic E-state index is 0.184. The molecule has 3 atom stereocenters. The van der Waals surface area contributed by atoms with Gasteiger partial charge < -0.3 is 9.47 Å². The first-order valence-electron chi connectivity index (χ1n) is 9.58. The summed E-state index contributed by atoms with van der Waals surface area (Å²) in [7, 11) is 0. The lowest BCUT2D eigenvalue weighted by Crippen LogP contribution is -2.47. The Morgan fingerprint density at radius 3 is 2.88 bits per heavy atom. The second kappa shape index (κ2) is 7.69.